The summed E-state index contributed by atoms with van der Waals surface area (Å²) in [7, 11) is 0. The lowest BCUT2D eigenvalue weighted by Crippen LogP contribution is -2.31. The number of amides is 1. The number of benzene rings is 2. The molecule has 0 saturated heterocycles. The molecular weight excluding hydrogens is 386 g/mol. The first-order chi connectivity index (χ1) is 14.2. The first kappa shape index (κ1) is 19.3. The molecule has 5 nitrogen and oxygen atoms in total. The van der Waals surface area contributed by atoms with Crippen molar-refractivity contribution in [2.45, 2.75) is 19.5 Å². The highest BCUT2D eigenvalue weighted by Gasteiger charge is 2.16. The van der Waals surface area contributed by atoms with Crippen LogP contribution in [-0.2, 0) is 24.3 Å². The van der Waals surface area contributed by atoms with Crippen molar-refractivity contribution in [3.8, 4) is 5.75 Å². The molecule has 2 aromatic carbocycles. The van der Waals surface area contributed by atoms with E-state index >= 15 is 0 Å². The minimum absolute atomic E-state index is 0.0413. The van der Waals surface area contributed by atoms with E-state index in [1.807, 2.05) is 18.3 Å². The molecule has 0 spiro atoms. The van der Waals surface area contributed by atoms with Crippen molar-refractivity contribution >= 4 is 23.3 Å². The number of fused-ring (bicyclic) bond motifs is 1. The largest absolute Gasteiger partial charge is 0.484 e. The van der Waals surface area contributed by atoms with Gasteiger partial charge in [0.05, 0.1) is 0 Å². The standard InChI is InChI=1S/C23H22ClN3O2/c24-20-6-8-21(9-7-20)29-16-23(28)26-14-17-5-10-22(25-13-17)27-12-11-18-3-1-2-4-19(18)15-27/h1-10,13H,11-12,14-16H2,(H,26,28). The second-order valence-corrected chi connectivity index (χ2v) is 7.42. The number of hydrogen-bond donors (Lipinski definition) is 1. The summed E-state index contributed by atoms with van der Waals surface area (Å²) in [6.45, 7) is 2.21. The summed E-state index contributed by atoms with van der Waals surface area (Å²) in [6.07, 6.45) is 2.85. The third-order valence-corrected chi connectivity index (χ3v) is 5.19. The van der Waals surface area contributed by atoms with Gasteiger partial charge in [-0.15, -0.1) is 0 Å². The second-order valence-electron chi connectivity index (χ2n) is 6.98. The molecule has 2 heterocycles. The molecule has 1 aliphatic rings. The maximum Gasteiger partial charge on any atom is 0.258 e. The van der Waals surface area contributed by atoms with Crippen LogP contribution in [0, 0.1) is 0 Å². The maximum absolute atomic E-state index is 12.0. The Morgan fingerprint density at radius 3 is 2.62 bits per heavy atom. The van der Waals surface area contributed by atoms with Crippen LogP contribution in [-0.4, -0.2) is 24.0 Å². The molecule has 0 saturated carbocycles. The zero-order chi connectivity index (χ0) is 20.1. The summed E-state index contributed by atoms with van der Waals surface area (Å²) >= 11 is 5.83. The quantitative estimate of drug-likeness (QED) is 0.671. The van der Waals surface area contributed by atoms with E-state index < -0.39 is 0 Å². The van der Waals surface area contributed by atoms with Gasteiger partial charge in [0.15, 0.2) is 6.61 Å². The van der Waals surface area contributed by atoms with Crippen LogP contribution < -0.4 is 15.0 Å². The molecule has 1 amide bonds. The van der Waals surface area contributed by atoms with E-state index in [9.17, 15) is 4.79 Å². The molecule has 1 N–H and O–H groups in total. The van der Waals surface area contributed by atoms with E-state index in [1.54, 1.807) is 24.3 Å². The van der Waals surface area contributed by atoms with Crippen LogP contribution in [0.25, 0.3) is 0 Å². The number of ether oxygens (including phenoxy) is 1. The molecule has 3 aromatic rings. The van der Waals surface area contributed by atoms with Crippen molar-refractivity contribution in [3.05, 3.63) is 88.6 Å². The topological polar surface area (TPSA) is 54.5 Å². The lowest BCUT2D eigenvalue weighted by atomic mass is 10.00. The average Bonchev–Trinajstić information content (AvgIpc) is 2.77. The zero-order valence-corrected chi connectivity index (χ0v) is 16.7. The Morgan fingerprint density at radius 2 is 1.86 bits per heavy atom. The van der Waals surface area contributed by atoms with Crippen LogP contribution in [0.5, 0.6) is 5.75 Å². The highest BCUT2D eigenvalue weighted by atomic mass is 35.5. The van der Waals surface area contributed by atoms with Crippen LogP contribution in [0.4, 0.5) is 5.82 Å². The molecule has 0 fully saturated rings. The maximum atomic E-state index is 12.0. The number of halogens is 1. The van der Waals surface area contributed by atoms with Gasteiger partial charge in [-0.1, -0.05) is 41.9 Å². The normalized spacial score (nSPS) is 12.9. The van der Waals surface area contributed by atoms with Gasteiger partial charge in [0.1, 0.15) is 11.6 Å². The molecule has 29 heavy (non-hydrogen) atoms. The van der Waals surface area contributed by atoms with Crippen molar-refractivity contribution < 1.29 is 9.53 Å². The first-order valence-electron chi connectivity index (χ1n) is 9.59. The Balaban J connectivity index is 1.26. The summed E-state index contributed by atoms with van der Waals surface area (Å²) in [5, 5.41) is 3.48. The van der Waals surface area contributed by atoms with E-state index in [-0.39, 0.29) is 12.5 Å². The number of nitrogens with one attached hydrogen (secondary N) is 1. The lowest BCUT2D eigenvalue weighted by Gasteiger charge is -2.29. The number of hydrogen-bond acceptors (Lipinski definition) is 4. The molecule has 0 radical (unpaired) electrons. The Hall–Kier alpha value is -3.05. The van der Waals surface area contributed by atoms with Crippen LogP contribution in [0.1, 0.15) is 16.7 Å². The predicted octanol–water partition coefficient (Wildman–Crippen LogP) is 3.99. The summed E-state index contributed by atoms with van der Waals surface area (Å²) < 4.78 is 5.45. The minimum atomic E-state index is -0.184. The van der Waals surface area contributed by atoms with E-state index in [1.165, 1.54) is 11.1 Å². The van der Waals surface area contributed by atoms with Gasteiger partial charge >= 0.3 is 0 Å². The number of carbonyl (C=O) groups is 1. The minimum Gasteiger partial charge on any atom is -0.484 e. The molecule has 0 unspecified atom stereocenters. The van der Waals surface area contributed by atoms with Crippen molar-refractivity contribution in [2.24, 2.45) is 0 Å². The van der Waals surface area contributed by atoms with E-state index in [0.717, 1.165) is 30.9 Å². The summed E-state index contributed by atoms with van der Waals surface area (Å²) in [4.78, 5) is 18.9. The van der Waals surface area contributed by atoms with Crippen molar-refractivity contribution in [1.29, 1.82) is 0 Å². The number of rotatable bonds is 6. The Kier molecular flexibility index (Phi) is 5.96. The third-order valence-electron chi connectivity index (χ3n) is 4.94. The number of pyridine rings is 1. The molecule has 6 heteroatoms. The van der Waals surface area contributed by atoms with Gasteiger partial charge in [0, 0.05) is 30.9 Å². The highest BCUT2D eigenvalue weighted by molar-refractivity contribution is 6.30. The predicted molar refractivity (Wildman–Crippen MR) is 114 cm³/mol. The fraction of sp³-hybridized carbons (Fsp3) is 0.217. The van der Waals surface area contributed by atoms with Crippen molar-refractivity contribution in [1.82, 2.24) is 10.3 Å². The number of aromatic nitrogens is 1. The van der Waals surface area contributed by atoms with E-state index in [2.05, 4.69) is 39.5 Å². The van der Waals surface area contributed by atoms with Gasteiger partial charge in [-0.05, 0) is 53.4 Å². The summed E-state index contributed by atoms with van der Waals surface area (Å²) in [5.74, 6) is 1.39. The zero-order valence-electron chi connectivity index (χ0n) is 16.0. The summed E-state index contributed by atoms with van der Waals surface area (Å²) in [5.41, 5.74) is 3.73. The number of carbonyl (C=O) groups excluding carboxylic acids is 1. The van der Waals surface area contributed by atoms with Gasteiger partial charge in [0.2, 0.25) is 0 Å². The van der Waals surface area contributed by atoms with Gasteiger partial charge in [0.25, 0.3) is 5.91 Å². The molecule has 0 bridgehead atoms. The van der Waals surface area contributed by atoms with Gasteiger partial charge in [-0.3, -0.25) is 4.79 Å². The summed E-state index contributed by atoms with van der Waals surface area (Å²) in [6, 6.07) is 19.5. The molecule has 1 aromatic heterocycles. The monoisotopic (exact) mass is 407 g/mol. The fourth-order valence-electron chi connectivity index (χ4n) is 3.33. The van der Waals surface area contributed by atoms with Gasteiger partial charge in [-0.25, -0.2) is 4.98 Å². The smallest absolute Gasteiger partial charge is 0.258 e. The van der Waals surface area contributed by atoms with E-state index in [0.29, 0.717) is 17.3 Å². The first-order valence-corrected chi connectivity index (χ1v) is 9.97. The number of nitrogens with zero attached hydrogens (tertiary/aromatic N) is 2. The van der Waals surface area contributed by atoms with Gasteiger partial charge < -0.3 is 15.0 Å². The van der Waals surface area contributed by atoms with Crippen molar-refractivity contribution in [3.63, 3.8) is 0 Å². The lowest BCUT2D eigenvalue weighted by molar-refractivity contribution is -0.123. The molecule has 0 aliphatic carbocycles. The fourth-order valence-corrected chi connectivity index (χ4v) is 3.46. The van der Waals surface area contributed by atoms with Crippen LogP contribution >= 0.6 is 11.6 Å². The van der Waals surface area contributed by atoms with Gasteiger partial charge in [-0.2, -0.15) is 0 Å². The Labute approximate surface area is 175 Å². The highest BCUT2D eigenvalue weighted by Crippen LogP contribution is 2.23. The molecule has 4 rings (SSSR count). The SMILES string of the molecule is O=C(COc1ccc(Cl)cc1)NCc1ccc(N2CCc3ccccc3C2)nc1. The molecule has 0 atom stereocenters. The Bertz CT molecular complexity index is 974. The molecule has 1 aliphatic heterocycles. The second kappa shape index (κ2) is 8.97. The Morgan fingerprint density at radius 1 is 1.07 bits per heavy atom. The van der Waals surface area contributed by atoms with Crippen LogP contribution in [0.2, 0.25) is 5.02 Å². The van der Waals surface area contributed by atoms with Crippen LogP contribution in [0.3, 0.4) is 0 Å². The van der Waals surface area contributed by atoms with Crippen molar-refractivity contribution in [2.75, 3.05) is 18.1 Å². The number of anilines is 1. The average molecular weight is 408 g/mol. The van der Waals surface area contributed by atoms with Crippen LogP contribution in [0.15, 0.2) is 66.9 Å². The molecular formula is C23H22ClN3O2. The van der Waals surface area contributed by atoms with E-state index in [4.69, 9.17) is 16.3 Å². The third kappa shape index (κ3) is 5.06. The molecule has 148 valence electrons.